The molecule has 1 saturated heterocycles. The Balaban J connectivity index is 1.64. The van der Waals surface area contributed by atoms with Crippen molar-refractivity contribution >= 4 is 0 Å². The molecule has 4 heteroatoms. The van der Waals surface area contributed by atoms with Crippen LogP contribution in [0.15, 0.2) is 18.2 Å². The second-order valence-electron chi connectivity index (χ2n) is 3.80. The number of rotatable bonds is 3. The van der Waals surface area contributed by atoms with Gasteiger partial charge in [-0.2, -0.15) is 0 Å². The molecular formula is C11H13NO3. The molecule has 0 amide bonds. The monoisotopic (exact) mass is 207 g/mol. The van der Waals surface area contributed by atoms with Crippen LogP contribution in [0.3, 0.4) is 0 Å². The Labute approximate surface area is 88.1 Å². The first-order chi connectivity index (χ1) is 7.42. The van der Waals surface area contributed by atoms with Crippen LogP contribution in [-0.4, -0.2) is 26.0 Å². The van der Waals surface area contributed by atoms with E-state index in [-0.39, 0.29) is 0 Å². The summed E-state index contributed by atoms with van der Waals surface area (Å²) in [6.45, 7) is 2.84. The predicted molar refractivity (Wildman–Crippen MR) is 54.0 cm³/mol. The van der Waals surface area contributed by atoms with Gasteiger partial charge in [0.25, 0.3) is 0 Å². The summed E-state index contributed by atoms with van der Waals surface area (Å²) in [5.41, 5.74) is 1.21. The number of hydrogen-bond acceptors (Lipinski definition) is 4. The summed E-state index contributed by atoms with van der Waals surface area (Å²) in [4.78, 5) is 0. The lowest BCUT2D eigenvalue weighted by Crippen LogP contribution is -2.45. The molecule has 1 fully saturated rings. The van der Waals surface area contributed by atoms with Crippen LogP contribution in [0.25, 0.3) is 0 Å². The molecule has 2 aliphatic rings. The number of nitrogens with one attached hydrogen (secondary N) is 1. The van der Waals surface area contributed by atoms with Gasteiger partial charge in [0.1, 0.15) is 0 Å². The summed E-state index contributed by atoms with van der Waals surface area (Å²) in [6.07, 6.45) is 0. The molecule has 1 aromatic carbocycles. The summed E-state index contributed by atoms with van der Waals surface area (Å²) in [6, 6.07) is 6.54. The summed E-state index contributed by atoms with van der Waals surface area (Å²) in [5.74, 6) is 1.69. The average molecular weight is 207 g/mol. The lowest BCUT2D eigenvalue weighted by molar-refractivity contribution is -0.00578. The van der Waals surface area contributed by atoms with Crippen molar-refractivity contribution < 1.29 is 14.2 Å². The van der Waals surface area contributed by atoms with Crippen molar-refractivity contribution in [1.82, 2.24) is 5.32 Å². The normalized spacial score (nSPS) is 18.9. The van der Waals surface area contributed by atoms with Crippen LogP contribution in [0.5, 0.6) is 11.5 Å². The number of benzene rings is 1. The first-order valence-corrected chi connectivity index (χ1v) is 5.11. The minimum Gasteiger partial charge on any atom is -0.454 e. The van der Waals surface area contributed by atoms with Crippen molar-refractivity contribution in [3.8, 4) is 11.5 Å². The fraction of sp³-hybridized carbons (Fsp3) is 0.455. The van der Waals surface area contributed by atoms with Crippen molar-refractivity contribution in [2.45, 2.75) is 12.6 Å². The van der Waals surface area contributed by atoms with E-state index in [0.29, 0.717) is 12.8 Å². The first-order valence-electron chi connectivity index (χ1n) is 5.11. The lowest BCUT2D eigenvalue weighted by atomic mass is 10.2. The van der Waals surface area contributed by atoms with Gasteiger partial charge in [0, 0.05) is 6.54 Å². The Morgan fingerprint density at radius 1 is 1.20 bits per heavy atom. The topological polar surface area (TPSA) is 39.7 Å². The fourth-order valence-corrected chi connectivity index (χ4v) is 1.67. The van der Waals surface area contributed by atoms with Gasteiger partial charge < -0.3 is 19.5 Å². The minimum atomic E-state index is 0.336. The van der Waals surface area contributed by atoms with Gasteiger partial charge >= 0.3 is 0 Å². The van der Waals surface area contributed by atoms with E-state index < -0.39 is 0 Å². The van der Waals surface area contributed by atoms with Gasteiger partial charge in [0.2, 0.25) is 6.79 Å². The third kappa shape index (κ3) is 1.78. The molecular weight excluding hydrogens is 194 g/mol. The molecule has 80 valence electrons. The highest BCUT2D eigenvalue weighted by atomic mass is 16.7. The zero-order valence-electron chi connectivity index (χ0n) is 8.36. The van der Waals surface area contributed by atoms with Gasteiger partial charge in [0.15, 0.2) is 11.5 Å². The molecule has 2 aliphatic heterocycles. The Hall–Kier alpha value is -1.26. The van der Waals surface area contributed by atoms with Crippen molar-refractivity contribution in [3.63, 3.8) is 0 Å². The number of fused-ring (bicyclic) bond motifs is 1. The van der Waals surface area contributed by atoms with E-state index in [9.17, 15) is 0 Å². The number of ether oxygens (including phenoxy) is 3. The molecule has 0 saturated carbocycles. The van der Waals surface area contributed by atoms with Crippen LogP contribution in [0.2, 0.25) is 0 Å². The molecule has 0 aliphatic carbocycles. The summed E-state index contributed by atoms with van der Waals surface area (Å²) >= 11 is 0. The zero-order valence-corrected chi connectivity index (χ0v) is 8.36. The van der Waals surface area contributed by atoms with Crippen LogP contribution in [0.4, 0.5) is 0 Å². The molecule has 3 rings (SSSR count). The quantitative estimate of drug-likeness (QED) is 0.799. The third-order valence-corrected chi connectivity index (χ3v) is 2.67. The first kappa shape index (κ1) is 9.00. The second kappa shape index (κ2) is 3.72. The molecule has 0 spiro atoms. The SMILES string of the molecule is c1cc2c(cc1CNC1COC1)OCO2. The molecule has 4 nitrogen and oxygen atoms in total. The standard InChI is InChI=1S/C11H13NO3/c1-2-10-11(15-7-14-10)3-8(1)4-12-9-5-13-6-9/h1-3,9,12H,4-7H2. The van der Waals surface area contributed by atoms with Crippen LogP contribution in [-0.2, 0) is 11.3 Å². The van der Waals surface area contributed by atoms with E-state index in [1.165, 1.54) is 5.56 Å². The summed E-state index contributed by atoms with van der Waals surface area (Å²) < 4.78 is 15.7. The Bertz CT molecular complexity index is 363. The van der Waals surface area contributed by atoms with Gasteiger partial charge in [-0.25, -0.2) is 0 Å². The van der Waals surface area contributed by atoms with Crippen LogP contribution >= 0.6 is 0 Å². The third-order valence-electron chi connectivity index (χ3n) is 2.67. The van der Waals surface area contributed by atoms with E-state index in [4.69, 9.17) is 14.2 Å². The highest BCUT2D eigenvalue weighted by Crippen LogP contribution is 2.32. The van der Waals surface area contributed by atoms with E-state index in [0.717, 1.165) is 31.3 Å². The molecule has 0 aromatic heterocycles. The summed E-state index contributed by atoms with van der Waals surface area (Å²) in [5, 5.41) is 3.41. The molecule has 2 heterocycles. The molecule has 1 aromatic rings. The Morgan fingerprint density at radius 3 is 2.87 bits per heavy atom. The Kier molecular flexibility index (Phi) is 2.23. The van der Waals surface area contributed by atoms with Gasteiger partial charge in [-0.15, -0.1) is 0 Å². The highest BCUT2D eigenvalue weighted by molar-refractivity contribution is 5.44. The van der Waals surface area contributed by atoms with Gasteiger partial charge in [-0.1, -0.05) is 6.07 Å². The van der Waals surface area contributed by atoms with Crippen molar-refractivity contribution in [2.24, 2.45) is 0 Å². The van der Waals surface area contributed by atoms with Gasteiger partial charge in [0.05, 0.1) is 19.3 Å². The fourth-order valence-electron chi connectivity index (χ4n) is 1.67. The second-order valence-corrected chi connectivity index (χ2v) is 3.80. The van der Waals surface area contributed by atoms with E-state index in [1.54, 1.807) is 0 Å². The van der Waals surface area contributed by atoms with E-state index in [2.05, 4.69) is 11.4 Å². The van der Waals surface area contributed by atoms with E-state index in [1.807, 2.05) is 12.1 Å². The van der Waals surface area contributed by atoms with Crippen molar-refractivity contribution in [1.29, 1.82) is 0 Å². The van der Waals surface area contributed by atoms with E-state index >= 15 is 0 Å². The zero-order chi connectivity index (χ0) is 10.1. The van der Waals surface area contributed by atoms with Crippen molar-refractivity contribution in [2.75, 3.05) is 20.0 Å². The summed E-state index contributed by atoms with van der Waals surface area (Å²) in [7, 11) is 0. The number of hydrogen-bond donors (Lipinski definition) is 1. The average Bonchev–Trinajstić information content (AvgIpc) is 2.62. The molecule has 0 atom stereocenters. The van der Waals surface area contributed by atoms with Crippen molar-refractivity contribution in [3.05, 3.63) is 23.8 Å². The minimum absolute atomic E-state index is 0.336. The highest BCUT2D eigenvalue weighted by Gasteiger charge is 2.18. The predicted octanol–water partition coefficient (Wildman–Crippen LogP) is 0.904. The largest absolute Gasteiger partial charge is 0.454 e. The molecule has 1 N–H and O–H groups in total. The van der Waals surface area contributed by atoms with Gasteiger partial charge in [-0.05, 0) is 17.7 Å². The smallest absolute Gasteiger partial charge is 0.231 e. The van der Waals surface area contributed by atoms with Gasteiger partial charge in [-0.3, -0.25) is 0 Å². The van der Waals surface area contributed by atoms with Crippen LogP contribution in [0, 0.1) is 0 Å². The maximum Gasteiger partial charge on any atom is 0.231 e. The molecule has 0 unspecified atom stereocenters. The van der Waals surface area contributed by atoms with Crippen LogP contribution in [0.1, 0.15) is 5.56 Å². The molecule has 0 radical (unpaired) electrons. The van der Waals surface area contributed by atoms with Crippen LogP contribution < -0.4 is 14.8 Å². The lowest BCUT2D eigenvalue weighted by Gasteiger charge is -2.27. The molecule has 0 bridgehead atoms. The Morgan fingerprint density at radius 2 is 2.07 bits per heavy atom. The maximum absolute atomic E-state index is 5.31. The maximum atomic E-state index is 5.31. The molecule has 15 heavy (non-hydrogen) atoms.